The molecule has 1 atom stereocenters. The van der Waals surface area contributed by atoms with Gasteiger partial charge in [-0.15, -0.1) is 0 Å². The van der Waals surface area contributed by atoms with Crippen molar-refractivity contribution in [1.82, 2.24) is 0 Å². The SMILES string of the molecule is Cc1ccc(CC(C)O)c(OC(C)C)c1C. The number of rotatable bonds is 4. The van der Waals surface area contributed by atoms with E-state index in [-0.39, 0.29) is 12.2 Å². The zero-order valence-corrected chi connectivity index (χ0v) is 10.9. The molecule has 0 saturated carbocycles. The van der Waals surface area contributed by atoms with Gasteiger partial charge in [0.25, 0.3) is 0 Å². The number of hydrogen-bond acceptors (Lipinski definition) is 2. The number of ether oxygens (including phenoxy) is 1. The Morgan fingerprint density at radius 3 is 2.31 bits per heavy atom. The van der Waals surface area contributed by atoms with Gasteiger partial charge in [0.15, 0.2) is 0 Å². The highest BCUT2D eigenvalue weighted by molar-refractivity contribution is 5.45. The first-order chi connectivity index (χ1) is 7.41. The van der Waals surface area contributed by atoms with Crippen molar-refractivity contribution in [2.75, 3.05) is 0 Å². The Morgan fingerprint density at radius 2 is 1.81 bits per heavy atom. The van der Waals surface area contributed by atoms with Crippen LogP contribution in [0, 0.1) is 13.8 Å². The molecule has 90 valence electrons. The Bertz CT molecular complexity index is 354. The highest BCUT2D eigenvalue weighted by atomic mass is 16.5. The molecular weight excluding hydrogens is 200 g/mol. The van der Waals surface area contributed by atoms with Gasteiger partial charge in [-0.05, 0) is 51.3 Å². The minimum atomic E-state index is -0.336. The number of aliphatic hydroxyl groups excluding tert-OH is 1. The van der Waals surface area contributed by atoms with Crippen LogP contribution < -0.4 is 4.74 Å². The van der Waals surface area contributed by atoms with E-state index in [2.05, 4.69) is 19.9 Å². The van der Waals surface area contributed by atoms with Gasteiger partial charge in [-0.25, -0.2) is 0 Å². The van der Waals surface area contributed by atoms with Gasteiger partial charge in [0, 0.05) is 6.42 Å². The lowest BCUT2D eigenvalue weighted by atomic mass is 10.0. The summed E-state index contributed by atoms with van der Waals surface area (Å²) >= 11 is 0. The zero-order chi connectivity index (χ0) is 12.3. The normalized spacial score (nSPS) is 12.9. The van der Waals surface area contributed by atoms with E-state index >= 15 is 0 Å². The second kappa shape index (κ2) is 5.35. The average Bonchev–Trinajstić information content (AvgIpc) is 2.16. The van der Waals surface area contributed by atoms with Gasteiger partial charge in [0.2, 0.25) is 0 Å². The topological polar surface area (TPSA) is 29.5 Å². The average molecular weight is 222 g/mol. The lowest BCUT2D eigenvalue weighted by molar-refractivity contribution is 0.190. The number of hydrogen-bond donors (Lipinski definition) is 1. The Balaban J connectivity index is 3.11. The van der Waals surface area contributed by atoms with Gasteiger partial charge in [0.1, 0.15) is 5.75 Å². The van der Waals surface area contributed by atoms with Crippen LogP contribution in [0.2, 0.25) is 0 Å². The number of aryl methyl sites for hydroxylation is 1. The highest BCUT2D eigenvalue weighted by Crippen LogP contribution is 2.28. The minimum Gasteiger partial charge on any atom is -0.490 e. The molecule has 0 radical (unpaired) electrons. The molecular formula is C14H22O2. The van der Waals surface area contributed by atoms with E-state index in [0.717, 1.165) is 11.3 Å². The van der Waals surface area contributed by atoms with Crippen LogP contribution in [0.25, 0.3) is 0 Å². The summed E-state index contributed by atoms with van der Waals surface area (Å²) in [6.07, 6.45) is 0.466. The fraction of sp³-hybridized carbons (Fsp3) is 0.571. The van der Waals surface area contributed by atoms with Gasteiger partial charge < -0.3 is 9.84 Å². The number of aliphatic hydroxyl groups is 1. The van der Waals surface area contributed by atoms with Crippen molar-refractivity contribution in [3.8, 4) is 5.75 Å². The summed E-state index contributed by atoms with van der Waals surface area (Å²) in [4.78, 5) is 0. The van der Waals surface area contributed by atoms with Crippen molar-refractivity contribution in [1.29, 1.82) is 0 Å². The summed E-state index contributed by atoms with van der Waals surface area (Å²) in [6, 6.07) is 4.13. The van der Waals surface area contributed by atoms with E-state index in [1.165, 1.54) is 11.1 Å². The Labute approximate surface area is 98.3 Å². The van der Waals surface area contributed by atoms with Crippen LogP contribution in [0.1, 0.15) is 37.5 Å². The largest absolute Gasteiger partial charge is 0.490 e. The number of benzene rings is 1. The maximum atomic E-state index is 9.47. The van der Waals surface area contributed by atoms with Crippen LogP contribution in [0.15, 0.2) is 12.1 Å². The first-order valence-electron chi connectivity index (χ1n) is 5.85. The molecule has 0 aromatic heterocycles. The Kier molecular flexibility index (Phi) is 4.36. The van der Waals surface area contributed by atoms with E-state index < -0.39 is 0 Å². The molecule has 1 unspecified atom stereocenters. The third-order valence-corrected chi connectivity index (χ3v) is 2.63. The molecule has 0 aliphatic carbocycles. The summed E-state index contributed by atoms with van der Waals surface area (Å²) in [5.74, 6) is 0.941. The van der Waals surface area contributed by atoms with E-state index in [1.54, 1.807) is 6.92 Å². The van der Waals surface area contributed by atoms with Gasteiger partial charge in [0.05, 0.1) is 12.2 Å². The van der Waals surface area contributed by atoms with Crippen LogP contribution in [0.5, 0.6) is 5.75 Å². The molecule has 2 heteroatoms. The van der Waals surface area contributed by atoms with Crippen LogP contribution in [-0.2, 0) is 6.42 Å². The summed E-state index contributed by atoms with van der Waals surface area (Å²) in [6.45, 7) is 9.99. The first-order valence-corrected chi connectivity index (χ1v) is 5.85. The van der Waals surface area contributed by atoms with Crippen LogP contribution in [0.4, 0.5) is 0 Å². The molecule has 0 aliphatic heterocycles. The van der Waals surface area contributed by atoms with Gasteiger partial charge >= 0.3 is 0 Å². The second-order valence-corrected chi connectivity index (χ2v) is 4.72. The maximum absolute atomic E-state index is 9.47. The molecule has 0 aliphatic rings. The Hall–Kier alpha value is -1.02. The molecule has 0 spiro atoms. The molecule has 0 fully saturated rings. The van der Waals surface area contributed by atoms with Crippen LogP contribution in [-0.4, -0.2) is 17.3 Å². The molecule has 1 N–H and O–H groups in total. The minimum absolute atomic E-state index is 0.160. The lowest BCUT2D eigenvalue weighted by Crippen LogP contribution is -2.12. The summed E-state index contributed by atoms with van der Waals surface area (Å²) < 4.78 is 5.85. The van der Waals surface area contributed by atoms with Crippen molar-refractivity contribution < 1.29 is 9.84 Å². The molecule has 0 bridgehead atoms. The van der Waals surface area contributed by atoms with Crippen molar-refractivity contribution in [2.24, 2.45) is 0 Å². The Morgan fingerprint density at radius 1 is 1.19 bits per heavy atom. The predicted octanol–water partition coefficient (Wildman–Crippen LogP) is 3.01. The maximum Gasteiger partial charge on any atom is 0.126 e. The van der Waals surface area contributed by atoms with Crippen molar-refractivity contribution >= 4 is 0 Å². The molecule has 0 saturated heterocycles. The molecule has 1 aromatic rings. The van der Waals surface area contributed by atoms with Gasteiger partial charge in [-0.1, -0.05) is 12.1 Å². The standard InChI is InChI=1S/C14H22O2/c1-9(2)16-14-12(5)10(3)6-7-13(14)8-11(4)15/h6-7,9,11,15H,8H2,1-5H3. The molecule has 1 aromatic carbocycles. The molecule has 16 heavy (non-hydrogen) atoms. The van der Waals surface area contributed by atoms with E-state index in [4.69, 9.17) is 4.74 Å². The highest BCUT2D eigenvalue weighted by Gasteiger charge is 2.12. The third kappa shape index (κ3) is 3.24. The van der Waals surface area contributed by atoms with E-state index in [0.29, 0.717) is 6.42 Å². The van der Waals surface area contributed by atoms with Crippen molar-refractivity contribution in [3.63, 3.8) is 0 Å². The monoisotopic (exact) mass is 222 g/mol. The molecule has 2 nitrogen and oxygen atoms in total. The molecule has 1 rings (SSSR count). The van der Waals surface area contributed by atoms with Crippen LogP contribution >= 0.6 is 0 Å². The van der Waals surface area contributed by atoms with Crippen LogP contribution in [0.3, 0.4) is 0 Å². The predicted molar refractivity (Wildman–Crippen MR) is 67.1 cm³/mol. The van der Waals surface area contributed by atoms with E-state index in [9.17, 15) is 5.11 Å². The fourth-order valence-electron chi connectivity index (χ4n) is 1.72. The first kappa shape index (κ1) is 13.0. The van der Waals surface area contributed by atoms with E-state index in [1.807, 2.05) is 19.9 Å². The van der Waals surface area contributed by atoms with Gasteiger partial charge in [-0.3, -0.25) is 0 Å². The van der Waals surface area contributed by atoms with Gasteiger partial charge in [-0.2, -0.15) is 0 Å². The zero-order valence-electron chi connectivity index (χ0n) is 10.9. The third-order valence-electron chi connectivity index (χ3n) is 2.63. The summed E-state index contributed by atoms with van der Waals surface area (Å²) in [5, 5.41) is 9.47. The van der Waals surface area contributed by atoms with Crippen molar-refractivity contribution in [2.45, 2.75) is 53.2 Å². The molecule has 0 heterocycles. The second-order valence-electron chi connectivity index (χ2n) is 4.72. The summed E-state index contributed by atoms with van der Waals surface area (Å²) in [5.41, 5.74) is 3.49. The quantitative estimate of drug-likeness (QED) is 0.848. The smallest absolute Gasteiger partial charge is 0.126 e. The fourth-order valence-corrected chi connectivity index (χ4v) is 1.72. The summed E-state index contributed by atoms with van der Waals surface area (Å²) in [7, 11) is 0. The molecule has 0 amide bonds. The van der Waals surface area contributed by atoms with Crippen molar-refractivity contribution in [3.05, 3.63) is 28.8 Å². The lowest BCUT2D eigenvalue weighted by Gasteiger charge is -2.19.